The van der Waals surface area contributed by atoms with Crippen LogP contribution in [0.1, 0.15) is 28.8 Å². The number of benzene rings is 3. The average Bonchev–Trinajstić information content (AvgIpc) is 2.85. The van der Waals surface area contributed by atoms with Crippen LogP contribution < -0.4 is 26.8 Å². The molecule has 7 N–H and O–H groups in total. The van der Waals surface area contributed by atoms with E-state index in [0.29, 0.717) is 56.8 Å². The van der Waals surface area contributed by atoms with Gasteiger partial charge in [0.15, 0.2) is 0 Å². The van der Waals surface area contributed by atoms with Crippen LogP contribution in [-0.2, 0) is 11.2 Å². The van der Waals surface area contributed by atoms with Gasteiger partial charge in [0, 0.05) is 19.6 Å². The molecule has 34 heavy (non-hydrogen) atoms. The fourth-order valence-corrected chi connectivity index (χ4v) is 3.53. The Bertz CT molecular complexity index is 1100. The number of phenolic OH excluding ortho intramolecular Hbond substituents is 1. The van der Waals surface area contributed by atoms with E-state index < -0.39 is 6.04 Å². The van der Waals surface area contributed by atoms with Gasteiger partial charge < -0.3 is 31.9 Å². The molecular formula is C26H32N4O4. The quantitative estimate of drug-likeness (QED) is 0.260. The van der Waals surface area contributed by atoms with Crippen LogP contribution in [0.15, 0.2) is 60.7 Å². The molecule has 1 unspecified atom stereocenters. The summed E-state index contributed by atoms with van der Waals surface area (Å²) in [5, 5.41) is 16.9. The van der Waals surface area contributed by atoms with E-state index >= 15 is 0 Å². The molecule has 0 saturated heterocycles. The minimum atomic E-state index is -0.659. The number of nitrogens with one attached hydrogen (secondary N) is 2. The number of carbonyl (C=O) groups is 2. The minimum Gasteiger partial charge on any atom is -0.508 e. The Hall–Kier alpha value is -3.62. The van der Waals surface area contributed by atoms with Crippen molar-refractivity contribution in [3.8, 4) is 11.5 Å². The van der Waals surface area contributed by atoms with E-state index in [1.807, 2.05) is 36.4 Å². The molecule has 0 radical (unpaired) electrons. The van der Waals surface area contributed by atoms with E-state index in [1.54, 1.807) is 24.3 Å². The Morgan fingerprint density at radius 3 is 2.35 bits per heavy atom. The lowest BCUT2D eigenvalue weighted by Gasteiger charge is -2.14. The number of rotatable bonds is 12. The molecule has 8 nitrogen and oxygen atoms in total. The van der Waals surface area contributed by atoms with Crippen LogP contribution in [0.3, 0.4) is 0 Å². The van der Waals surface area contributed by atoms with Gasteiger partial charge in [-0.15, -0.1) is 0 Å². The standard InChI is InChI=1S/C26H32N4O4/c27-11-13-30-25(32)22-16-19-5-1-2-6-20(19)17-24(22)34-14-4-3-12-29-26(33)23(28)15-18-7-9-21(31)10-8-18/h1-2,5-10,16-17,23,31H,3-4,11-15,27-28H2,(H,29,33)(H,30,32). The summed E-state index contributed by atoms with van der Waals surface area (Å²) in [5.74, 6) is 0.257. The zero-order valence-corrected chi connectivity index (χ0v) is 19.1. The van der Waals surface area contributed by atoms with Gasteiger partial charge in [0.25, 0.3) is 5.91 Å². The highest BCUT2D eigenvalue weighted by Crippen LogP contribution is 2.26. The second-order valence-corrected chi connectivity index (χ2v) is 8.06. The third kappa shape index (κ3) is 7.19. The molecular weight excluding hydrogens is 432 g/mol. The van der Waals surface area contributed by atoms with E-state index in [2.05, 4.69) is 10.6 Å². The van der Waals surface area contributed by atoms with E-state index in [0.717, 1.165) is 16.3 Å². The van der Waals surface area contributed by atoms with Crippen molar-refractivity contribution in [2.24, 2.45) is 11.5 Å². The predicted octanol–water partition coefficient (Wildman–Crippen LogP) is 2.08. The summed E-state index contributed by atoms with van der Waals surface area (Å²) < 4.78 is 5.94. The Morgan fingerprint density at radius 1 is 0.941 bits per heavy atom. The van der Waals surface area contributed by atoms with Gasteiger partial charge in [-0.25, -0.2) is 0 Å². The van der Waals surface area contributed by atoms with Crippen molar-refractivity contribution in [1.29, 1.82) is 0 Å². The Kier molecular flexibility index (Phi) is 9.25. The van der Waals surface area contributed by atoms with Gasteiger partial charge in [-0.3, -0.25) is 9.59 Å². The first-order valence-corrected chi connectivity index (χ1v) is 11.4. The highest BCUT2D eigenvalue weighted by atomic mass is 16.5. The largest absolute Gasteiger partial charge is 0.508 e. The van der Waals surface area contributed by atoms with Crippen molar-refractivity contribution < 1.29 is 19.4 Å². The molecule has 0 aliphatic carbocycles. The summed E-state index contributed by atoms with van der Waals surface area (Å²) in [6.07, 6.45) is 1.80. The summed E-state index contributed by atoms with van der Waals surface area (Å²) in [6.45, 7) is 1.64. The first-order chi connectivity index (χ1) is 16.5. The van der Waals surface area contributed by atoms with Crippen LogP contribution in [0.25, 0.3) is 10.8 Å². The average molecular weight is 465 g/mol. The molecule has 0 saturated carbocycles. The van der Waals surface area contributed by atoms with E-state index in [1.165, 1.54) is 0 Å². The number of amides is 2. The molecule has 0 aliphatic rings. The number of ether oxygens (including phenoxy) is 1. The summed E-state index contributed by atoms with van der Waals surface area (Å²) in [5.41, 5.74) is 12.8. The summed E-state index contributed by atoms with van der Waals surface area (Å²) >= 11 is 0. The molecule has 0 heterocycles. The molecule has 3 aromatic carbocycles. The number of unbranched alkanes of at least 4 members (excludes halogenated alkanes) is 1. The molecule has 0 aliphatic heterocycles. The Labute approximate surface area is 199 Å². The lowest BCUT2D eigenvalue weighted by atomic mass is 10.1. The molecule has 3 aromatic rings. The normalized spacial score (nSPS) is 11.7. The van der Waals surface area contributed by atoms with E-state index in [9.17, 15) is 14.7 Å². The van der Waals surface area contributed by atoms with Crippen molar-refractivity contribution in [2.45, 2.75) is 25.3 Å². The molecule has 0 aromatic heterocycles. The highest BCUT2D eigenvalue weighted by Gasteiger charge is 2.15. The zero-order valence-electron chi connectivity index (χ0n) is 19.1. The first-order valence-electron chi connectivity index (χ1n) is 11.4. The summed E-state index contributed by atoms with van der Waals surface area (Å²) in [7, 11) is 0. The number of phenols is 1. The van der Waals surface area contributed by atoms with Crippen molar-refractivity contribution in [2.75, 3.05) is 26.2 Å². The number of fused-ring (bicyclic) bond motifs is 1. The SMILES string of the molecule is NCCNC(=O)c1cc2ccccc2cc1OCCCCNC(=O)C(N)Cc1ccc(O)cc1. The smallest absolute Gasteiger partial charge is 0.255 e. The third-order valence-corrected chi connectivity index (χ3v) is 5.38. The fourth-order valence-electron chi connectivity index (χ4n) is 3.53. The van der Waals surface area contributed by atoms with Crippen molar-refractivity contribution in [3.05, 3.63) is 71.8 Å². The third-order valence-electron chi connectivity index (χ3n) is 5.38. The lowest BCUT2D eigenvalue weighted by Crippen LogP contribution is -2.42. The molecule has 0 spiro atoms. The fraction of sp³-hybridized carbons (Fsp3) is 0.308. The summed E-state index contributed by atoms with van der Waals surface area (Å²) in [6, 6.07) is 17.5. The second kappa shape index (κ2) is 12.6. The second-order valence-electron chi connectivity index (χ2n) is 8.06. The Morgan fingerprint density at radius 2 is 1.65 bits per heavy atom. The molecule has 1 atom stereocenters. The van der Waals surface area contributed by atoms with Gasteiger partial charge in [-0.2, -0.15) is 0 Å². The summed E-state index contributed by atoms with van der Waals surface area (Å²) in [4.78, 5) is 24.8. The number of carbonyl (C=O) groups excluding carboxylic acids is 2. The first kappa shape index (κ1) is 25.0. The molecule has 3 rings (SSSR count). The number of aromatic hydroxyl groups is 1. The monoisotopic (exact) mass is 464 g/mol. The molecule has 0 bridgehead atoms. The van der Waals surface area contributed by atoms with Crippen molar-refractivity contribution in [1.82, 2.24) is 10.6 Å². The maximum Gasteiger partial charge on any atom is 0.255 e. The molecule has 8 heteroatoms. The van der Waals surface area contributed by atoms with Crippen molar-refractivity contribution >= 4 is 22.6 Å². The van der Waals surface area contributed by atoms with Crippen LogP contribution in [0.5, 0.6) is 11.5 Å². The minimum absolute atomic E-state index is 0.177. The van der Waals surface area contributed by atoms with Gasteiger partial charge >= 0.3 is 0 Å². The van der Waals surface area contributed by atoms with Crippen LogP contribution >= 0.6 is 0 Å². The Balaban J connectivity index is 1.46. The molecule has 2 amide bonds. The maximum absolute atomic E-state index is 12.6. The van der Waals surface area contributed by atoms with E-state index in [4.69, 9.17) is 16.2 Å². The van der Waals surface area contributed by atoms with Gasteiger partial charge in [-0.1, -0.05) is 36.4 Å². The number of hydrogen-bond acceptors (Lipinski definition) is 6. The highest BCUT2D eigenvalue weighted by molar-refractivity contribution is 6.01. The zero-order chi connectivity index (χ0) is 24.3. The van der Waals surface area contributed by atoms with E-state index in [-0.39, 0.29) is 17.6 Å². The molecule has 180 valence electrons. The van der Waals surface area contributed by atoms with Gasteiger partial charge in [0.05, 0.1) is 18.2 Å². The van der Waals surface area contributed by atoms with Gasteiger partial charge in [0.1, 0.15) is 11.5 Å². The van der Waals surface area contributed by atoms with Crippen molar-refractivity contribution in [3.63, 3.8) is 0 Å². The van der Waals surface area contributed by atoms with Crippen LogP contribution in [-0.4, -0.2) is 49.2 Å². The predicted molar refractivity (Wildman–Crippen MR) is 133 cm³/mol. The molecule has 0 fully saturated rings. The van der Waals surface area contributed by atoms with Crippen LogP contribution in [0.2, 0.25) is 0 Å². The van der Waals surface area contributed by atoms with Gasteiger partial charge in [0.2, 0.25) is 5.91 Å². The number of nitrogens with two attached hydrogens (primary N) is 2. The maximum atomic E-state index is 12.6. The van der Waals surface area contributed by atoms with Gasteiger partial charge in [-0.05, 0) is 59.9 Å². The van der Waals surface area contributed by atoms with Crippen LogP contribution in [0.4, 0.5) is 0 Å². The van der Waals surface area contributed by atoms with Crippen LogP contribution in [0, 0.1) is 0 Å². The lowest BCUT2D eigenvalue weighted by molar-refractivity contribution is -0.122. The topological polar surface area (TPSA) is 140 Å². The number of hydrogen-bond donors (Lipinski definition) is 5.